The predicted octanol–water partition coefficient (Wildman–Crippen LogP) is 12.5. The summed E-state index contributed by atoms with van der Waals surface area (Å²) in [6.45, 7) is 2.20. The molecule has 0 saturated heterocycles. The van der Waals surface area contributed by atoms with Crippen LogP contribution in [0.15, 0.2) is 145 Å². The van der Waals surface area contributed by atoms with E-state index in [1.165, 1.54) is 0 Å². The minimum atomic E-state index is -1.69. The van der Waals surface area contributed by atoms with E-state index in [0.29, 0.717) is 18.1 Å². The molecule has 0 radical (unpaired) electrons. The maximum atomic E-state index is 12.1. The molecule has 0 aliphatic carbocycles. The molecule has 1 atom stereocenters. The van der Waals surface area contributed by atoms with E-state index in [9.17, 15) is 9.90 Å². The van der Waals surface area contributed by atoms with Crippen molar-refractivity contribution < 1.29 is 19.4 Å². The van der Waals surface area contributed by atoms with Gasteiger partial charge in [-0.1, -0.05) is 124 Å². The molecule has 1 N–H and O–H groups in total. The molecule has 0 aliphatic rings. The van der Waals surface area contributed by atoms with Crippen LogP contribution in [0.3, 0.4) is 0 Å². The van der Waals surface area contributed by atoms with Crippen molar-refractivity contribution in [3.8, 4) is 11.5 Å². The van der Waals surface area contributed by atoms with Crippen LogP contribution in [0.2, 0.25) is 0 Å². The van der Waals surface area contributed by atoms with Gasteiger partial charge in [0, 0.05) is 17.9 Å². The molecule has 1 unspecified atom stereocenters. The Morgan fingerprint density at radius 1 is 0.688 bits per heavy atom. The first kappa shape index (κ1) is 36.1. The third-order valence-electron chi connectivity index (χ3n) is 7.34. The van der Waals surface area contributed by atoms with Gasteiger partial charge in [-0.2, -0.15) is 0 Å². The SMILES string of the molecule is Cc1cc(OCC=C(c2ccc(Br)cc2)c2ccc(Br)cc2)ccc1OC(Cl)(C=C(c1ccc(Br)cc1)c1ccc(Br)cc1)CC(=O)O. The maximum absolute atomic E-state index is 12.1. The first-order chi connectivity index (χ1) is 23.0. The molecule has 48 heavy (non-hydrogen) atoms. The Kier molecular flexibility index (Phi) is 12.4. The molecule has 5 aromatic rings. The van der Waals surface area contributed by atoms with Crippen LogP contribution in [0.4, 0.5) is 0 Å². The van der Waals surface area contributed by atoms with E-state index in [4.69, 9.17) is 21.1 Å². The summed E-state index contributed by atoms with van der Waals surface area (Å²) in [6.07, 6.45) is 3.26. The number of carboxylic acids is 1. The van der Waals surface area contributed by atoms with Crippen LogP contribution in [0, 0.1) is 6.92 Å². The third kappa shape index (κ3) is 9.95. The van der Waals surface area contributed by atoms with Gasteiger partial charge in [-0.25, -0.2) is 0 Å². The summed E-state index contributed by atoms with van der Waals surface area (Å²) in [6, 6.07) is 37.2. The number of carbonyl (C=O) groups is 1. The number of ether oxygens (including phenoxy) is 2. The van der Waals surface area contributed by atoms with Crippen molar-refractivity contribution in [3.63, 3.8) is 0 Å². The molecule has 0 saturated carbocycles. The Hall–Kier alpha value is -3.14. The highest BCUT2D eigenvalue weighted by atomic mass is 79.9. The molecule has 0 amide bonds. The zero-order valence-electron chi connectivity index (χ0n) is 25.6. The number of alkyl halides is 1. The number of benzene rings is 5. The van der Waals surface area contributed by atoms with Crippen molar-refractivity contribution >= 4 is 92.4 Å². The van der Waals surface area contributed by atoms with Gasteiger partial charge in [0.15, 0.2) is 0 Å². The van der Waals surface area contributed by atoms with Gasteiger partial charge in [0.1, 0.15) is 24.5 Å². The molecule has 5 aromatic carbocycles. The van der Waals surface area contributed by atoms with Crippen molar-refractivity contribution in [3.05, 3.63) is 173 Å². The first-order valence-electron chi connectivity index (χ1n) is 14.8. The fourth-order valence-corrected chi connectivity index (χ4v) is 6.39. The second-order valence-corrected chi connectivity index (χ2v) is 15.2. The number of hydrogen-bond donors (Lipinski definition) is 1. The number of carboxylic acid groups (broad SMARTS) is 1. The molecule has 9 heteroatoms. The van der Waals surface area contributed by atoms with Crippen molar-refractivity contribution in [2.24, 2.45) is 0 Å². The second kappa shape index (κ2) is 16.5. The molecule has 0 fully saturated rings. The number of hydrogen-bond acceptors (Lipinski definition) is 3. The molecule has 0 aromatic heterocycles. The summed E-state index contributed by atoms with van der Waals surface area (Å²) in [7, 11) is 0. The zero-order valence-corrected chi connectivity index (χ0v) is 32.7. The fourth-order valence-electron chi connectivity index (χ4n) is 5.02. The maximum Gasteiger partial charge on any atom is 0.309 e. The molecule has 0 heterocycles. The lowest BCUT2D eigenvalue weighted by Crippen LogP contribution is -2.31. The van der Waals surface area contributed by atoms with E-state index >= 15 is 0 Å². The lowest BCUT2D eigenvalue weighted by Gasteiger charge is -2.26. The van der Waals surface area contributed by atoms with Crippen LogP contribution in [0.5, 0.6) is 11.5 Å². The van der Waals surface area contributed by atoms with E-state index in [1.807, 2.05) is 85.8 Å². The molecule has 0 spiro atoms. The van der Waals surface area contributed by atoms with Crippen molar-refractivity contribution in [2.75, 3.05) is 6.61 Å². The van der Waals surface area contributed by atoms with E-state index < -0.39 is 17.5 Å². The third-order valence-corrected chi connectivity index (χ3v) is 9.77. The van der Waals surface area contributed by atoms with E-state index in [1.54, 1.807) is 18.2 Å². The number of rotatable bonds is 12. The highest BCUT2D eigenvalue weighted by molar-refractivity contribution is 9.11. The second-order valence-electron chi connectivity index (χ2n) is 10.9. The minimum Gasteiger partial charge on any atom is -0.489 e. The topological polar surface area (TPSA) is 55.8 Å². The van der Waals surface area contributed by atoms with E-state index in [0.717, 1.165) is 56.9 Å². The van der Waals surface area contributed by atoms with E-state index in [2.05, 4.69) is 94.1 Å². The van der Waals surface area contributed by atoms with Gasteiger partial charge in [-0.15, -0.1) is 0 Å². The lowest BCUT2D eigenvalue weighted by molar-refractivity contribution is -0.138. The average Bonchev–Trinajstić information content (AvgIpc) is 3.05. The van der Waals surface area contributed by atoms with Crippen molar-refractivity contribution in [1.82, 2.24) is 0 Å². The summed E-state index contributed by atoms with van der Waals surface area (Å²) in [5, 5.41) is 8.17. The van der Waals surface area contributed by atoms with Crippen LogP contribution in [-0.4, -0.2) is 22.7 Å². The van der Waals surface area contributed by atoms with Crippen LogP contribution >= 0.6 is 75.3 Å². The number of halogens is 5. The van der Waals surface area contributed by atoms with Gasteiger partial charge in [0.25, 0.3) is 0 Å². The zero-order chi connectivity index (χ0) is 34.3. The monoisotopic (exact) mass is 912 g/mol. The van der Waals surface area contributed by atoms with Crippen LogP contribution in [-0.2, 0) is 4.79 Å². The average molecular weight is 917 g/mol. The van der Waals surface area contributed by atoms with Gasteiger partial charge in [-0.3, -0.25) is 4.79 Å². The smallest absolute Gasteiger partial charge is 0.309 e. The van der Waals surface area contributed by atoms with Crippen LogP contribution in [0.1, 0.15) is 34.2 Å². The molecular formula is C39H29Br4ClO4. The van der Waals surface area contributed by atoms with Crippen LogP contribution in [0.25, 0.3) is 11.1 Å². The summed E-state index contributed by atoms with van der Waals surface area (Å²) in [4.78, 5) is 12.1. The fraction of sp³-hybridized carbons (Fsp3) is 0.103. The van der Waals surface area contributed by atoms with E-state index in [-0.39, 0.29) is 0 Å². The Morgan fingerprint density at radius 3 is 1.50 bits per heavy atom. The largest absolute Gasteiger partial charge is 0.489 e. The summed E-state index contributed by atoms with van der Waals surface area (Å²) < 4.78 is 16.3. The molecule has 0 aliphatic heterocycles. The van der Waals surface area contributed by atoms with Crippen LogP contribution < -0.4 is 9.47 Å². The minimum absolute atomic E-state index is 0.325. The Bertz CT molecular complexity index is 1840. The highest BCUT2D eigenvalue weighted by Crippen LogP contribution is 2.36. The normalized spacial score (nSPS) is 12.0. The van der Waals surface area contributed by atoms with Crippen molar-refractivity contribution in [1.29, 1.82) is 0 Å². The summed E-state index contributed by atoms with van der Waals surface area (Å²) in [5.41, 5.74) is 6.39. The van der Waals surface area contributed by atoms with Crippen molar-refractivity contribution in [2.45, 2.75) is 18.4 Å². The predicted molar refractivity (Wildman–Crippen MR) is 209 cm³/mol. The Balaban J connectivity index is 1.41. The summed E-state index contributed by atoms with van der Waals surface area (Å²) >= 11 is 21.1. The quantitative estimate of drug-likeness (QED) is 0.127. The number of aryl methyl sites for hydroxylation is 1. The van der Waals surface area contributed by atoms with Gasteiger partial charge >= 0.3 is 5.97 Å². The first-order valence-corrected chi connectivity index (χ1v) is 18.3. The van der Waals surface area contributed by atoms with Gasteiger partial charge in [0.2, 0.25) is 5.06 Å². The number of aliphatic carboxylic acids is 1. The summed E-state index contributed by atoms with van der Waals surface area (Å²) in [5.74, 6) is -0.00727. The van der Waals surface area contributed by atoms with Gasteiger partial charge in [0.05, 0.1) is 0 Å². The molecular weight excluding hydrogens is 887 g/mol. The highest BCUT2D eigenvalue weighted by Gasteiger charge is 2.32. The molecule has 0 bridgehead atoms. The Morgan fingerprint density at radius 2 is 1.10 bits per heavy atom. The molecule has 5 rings (SSSR count). The molecule has 4 nitrogen and oxygen atoms in total. The van der Waals surface area contributed by atoms with Gasteiger partial charge in [-0.05, 0) is 125 Å². The standard InChI is InChI=1S/C39H29Br4ClO4/c1-25-22-34(47-21-20-35(26-2-10-30(40)11-3-26)27-4-12-31(41)13-5-27)18-19-37(25)48-39(44,24-38(45)46)23-36(28-6-14-32(42)15-7-28)29-8-16-33(43)17-9-29/h2-20,22-23H,21,24H2,1H3,(H,45,46). The lowest BCUT2D eigenvalue weighted by atomic mass is 9.95. The Labute approximate surface area is 319 Å². The molecule has 244 valence electrons. The van der Waals surface area contributed by atoms with Gasteiger partial charge < -0.3 is 14.6 Å².